The highest BCUT2D eigenvalue weighted by Gasteiger charge is 2.30. The van der Waals surface area contributed by atoms with Crippen LogP contribution in [0.4, 0.5) is 40.8 Å². The third-order valence-electron chi connectivity index (χ3n) is 5.37. The van der Waals surface area contributed by atoms with E-state index in [0.717, 1.165) is 6.07 Å². The summed E-state index contributed by atoms with van der Waals surface area (Å²) in [7, 11) is 0. The molecule has 0 heterocycles. The molecule has 0 bridgehead atoms. The molecule has 0 aliphatic rings. The Balaban J connectivity index is 2.83. The molecule has 0 fully saturated rings. The van der Waals surface area contributed by atoms with Crippen LogP contribution in [0.1, 0.15) is 5.56 Å². The second-order valence-corrected chi connectivity index (χ2v) is 7.30. The maximum atomic E-state index is 15.0. The Morgan fingerprint density at radius 1 is 0.575 bits per heavy atom. The van der Waals surface area contributed by atoms with Gasteiger partial charge in [-0.15, -0.1) is 0 Å². The van der Waals surface area contributed by atoms with Crippen LogP contribution >= 0.6 is 0 Å². The monoisotopic (exact) mass is 550 g/mol. The van der Waals surface area contributed by atoms with Gasteiger partial charge in [0.15, 0.2) is 46.5 Å². The molecule has 14 heteroatoms. The van der Waals surface area contributed by atoms with E-state index in [1.807, 2.05) is 0 Å². The average Bonchev–Trinajstić information content (AvgIpc) is 2.94. The Morgan fingerprint density at radius 2 is 0.925 bits per heavy atom. The summed E-state index contributed by atoms with van der Waals surface area (Å²) in [5.74, 6) is -17.7. The van der Waals surface area contributed by atoms with Gasteiger partial charge in [0.05, 0.1) is 43.0 Å². The predicted octanol–water partition coefficient (Wildman–Crippen LogP) is 5.66. The number of nitrogens with zero attached hydrogens (tertiary/aromatic N) is 6. The zero-order valence-electron chi connectivity index (χ0n) is 18.9. The third kappa shape index (κ3) is 4.09. The molecule has 0 atom stereocenters. The van der Waals surface area contributed by atoms with Gasteiger partial charge in [0.25, 0.3) is 17.1 Å². The van der Waals surface area contributed by atoms with Gasteiger partial charge in [0, 0.05) is 10.4 Å². The van der Waals surface area contributed by atoms with Gasteiger partial charge < -0.3 is 0 Å². The highest BCUT2D eigenvalue weighted by Crippen LogP contribution is 2.36. The van der Waals surface area contributed by atoms with E-state index in [1.165, 1.54) is 12.1 Å². The second-order valence-electron chi connectivity index (χ2n) is 7.30. The van der Waals surface area contributed by atoms with Crippen LogP contribution in [0.2, 0.25) is 0 Å². The van der Waals surface area contributed by atoms with E-state index in [9.17, 15) is 45.6 Å². The maximum absolute atomic E-state index is 15.0. The Labute approximate surface area is 217 Å². The molecule has 0 N–H and O–H groups in total. The smallest absolute Gasteiger partial charge is 0.232 e. The molecular weight excluding hydrogens is 548 g/mol. The normalized spacial score (nSPS) is 11.7. The van der Waals surface area contributed by atoms with Crippen LogP contribution in [0.3, 0.4) is 0 Å². The van der Waals surface area contributed by atoms with Gasteiger partial charge in [-0.2, -0.15) is 5.26 Å². The molecule has 0 aromatic heterocycles. The van der Waals surface area contributed by atoms with Crippen LogP contribution in [0.15, 0.2) is 12.1 Å². The minimum atomic E-state index is -2.23. The zero-order valence-corrected chi connectivity index (χ0v) is 18.9. The molecule has 6 nitrogen and oxygen atoms in total. The lowest BCUT2D eigenvalue weighted by Gasteiger charge is -2.15. The van der Waals surface area contributed by atoms with Crippen molar-refractivity contribution in [1.29, 1.82) is 15.8 Å². The van der Waals surface area contributed by atoms with Crippen molar-refractivity contribution in [2.24, 2.45) is 0 Å². The van der Waals surface area contributed by atoms with E-state index in [0.29, 0.717) is 12.1 Å². The van der Waals surface area contributed by atoms with Gasteiger partial charge in [0.1, 0.15) is 11.6 Å². The summed E-state index contributed by atoms with van der Waals surface area (Å²) in [6.07, 6.45) is 0. The zero-order chi connectivity index (χ0) is 30.0. The minimum Gasteiger partial charge on any atom is -0.232 e. The summed E-state index contributed by atoms with van der Waals surface area (Å²) in [4.78, 5) is 7.88. The van der Waals surface area contributed by atoms with Crippen molar-refractivity contribution in [2.45, 2.75) is 0 Å². The van der Waals surface area contributed by atoms with Crippen molar-refractivity contribution in [3.63, 3.8) is 0 Å². The van der Waals surface area contributed by atoms with Gasteiger partial charge in [-0.25, -0.2) is 60.2 Å². The molecule has 0 radical (unpaired) electrons. The Hall–Kier alpha value is -6.22. The fourth-order valence-corrected chi connectivity index (χ4v) is 3.62. The van der Waals surface area contributed by atoms with Gasteiger partial charge >= 0.3 is 0 Å². The van der Waals surface area contributed by atoms with Crippen LogP contribution in [-0.4, -0.2) is 0 Å². The summed E-state index contributed by atoms with van der Waals surface area (Å²) in [6, 6.07) is 4.11. The van der Waals surface area contributed by atoms with E-state index in [1.54, 1.807) is 0 Å². The summed E-state index contributed by atoms with van der Waals surface area (Å²) in [6.45, 7) is 21.1. The number of rotatable bonds is 2. The standard InChI is InChI=1S/C26H2F8N6/c1-38-14(7-36)9-5-12(17-22(31)24(33)26(40-3)25(34)23(17)32)10(15(8-37)39-2)4-11(9)16-20(29)18(27)13(6-35)19(28)21(16)30/h4-5H. The van der Waals surface area contributed by atoms with Gasteiger partial charge in [-0.05, 0) is 11.1 Å². The molecule has 3 rings (SSSR count). The van der Waals surface area contributed by atoms with E-state index in [2.05, 4.69) is 14.5 Å². The first kappa shape index (κ1) is 28.4. The lowest BCUT2D eigenvalue weighted by atomic mass is 9.92. The molecular formula is C26H2F8N6. The van der Waals surface area contributed by atoms with Crippen molar-refractivity contribution in [1.82, 2.24) is 0 Å². The lowest BCUT2D eigenvalue weighted by molar-refractivity contribution is 0.454. The van der Waals surface area contributed by atoms with Crippen LogP contribution in [0, 0.1) is 100 Å². The van der Waals surface area contributed by atoms with E-state index >= 15 is 0 Å². The van der Waals surface area contributed by atoms with Crippen molar-refractivity contribution in [3.8, 4) is 40.5 Å². The molecule has 0 saturated heterocycles. The van der Waals surface area contributed by atoms with Crippen molar-refractivity contribution in [2.75, 3.05) is 0 Å². The van der Waals surface area contributed by atoms with Crippen LogP contribution in [0.5, 0.6) is 0 Å². The molecule has 192 valence electrons. The molecule has 0 amide bonds. The Bertz CT molecular complexity index is 1820. The average molecular weight is 550 g/mol. The number of halogens is 8. The Morgan fingerprint density at radius 3 is 1.20 bits per heavy atom. The summed E-state index contributed by atoms with van der Waals surface area (Å²) in [5.41, 5.74) is -11.2. The maximum Gasteiger partial charge on any atom is 0.269 e. The number of hydrogen-bond acceptors (Lipinski definition) is 3. The number of hydrogen-bond donors (Lipinski definition) is 0. The first-order valence-electron chi connectivity index (χ1n) is 9.93. The molecule has 40 heavy (non-hydrogen) atoms. The topological polar surface area (TPSA) is 84.4 Å². The Kier molecular flexibility index (Phi) is 7.54. The number of nitriles is 3. The lowest BCUT2D eigenvalue weighted by Crippen LogP contribution is -2.21. The largest absolute Gasteiger partial charge is 0.269 e. The molecule has 0 aliphatic heterocycles. The summed E-state index contributed by atoms with van der Waals surface area (Å²) < 4.78 is 118. The minimum absolute atomic E-state index is 0.341. The summed E-state index contributed by atoms with van der Waals surface area (Å²) in [5, 5.41) is 25.6. The highest BCUT2D eigenvalue weighted by atomic mass is 19.2. The van der Waals surface area contributed by atoms with Crippen LogP contribution in [-0.2, 0) is 0 Å². The van der Waals surface area contributed by atoms with E-state index < -0.39 is 102 Å². The van der Waals surface area contributed by atoms with Crippen LogP contribution in [0.25, 0.3) is 48.2 Å². The molecule has 0 aliphatic carbocycles. The van der Waals surface area contributed by atoms with Gasteiger partial charge in [-0.1, -0.05) is 12.1 Å². The van der Waals surface area contributed by atoms with E-state index in [4.69, 9.17) is 25.0 Å². The molecule has 3 aromatic carbocycles. The molecule has 0 unspecified atom stereocenters. The molecule has 3 aromatic rings. The van der Waals surface area contributed by atoms with Crippen molar-refractivity contribution in [3.05, 3.63) is 109 Å². The second kappa shape index (κ2) is 10.6. The van der Waals surface area contributed by atoms with Crippen LogP contribution < -0.4 is 10.4 Å². The SMILES string of the molecule is [C-]#[N+]C(C#N)=c1cc(-c2c(F)c(F)c([N+]#[C-])c(F)c2F)c(=C(C#N)[N+]#[C-])cc1-c1c(F)c(F)c(C#N)c(F)c1F. The quantitative estimate of drug-likeness (QED) is 0.235. The van der Waals surface area contributed by atoms with Crippen molar-refractivity contribution >= 4 is 17.1 Å². The van der Waals surface area contributed by atoms with Crippen molar-refractivity contribution < 1.29 is 35.1 Å². The summed E-state index contributed by atoms with van der Waals surface area (Å²) >= 11 is 0. The molecule has 0 spiro atoms. The highest BCUT2D eigenvalue weighted by molar-refractivity contribution is 5.83. The number of benzene rings is 3. The van der Waals surface area contributed by atoms with E-state index in [-0.39, 0.29) is 0 Å². The predicted molar refractivity (Wildman–Crippen MR) is 118 cm³/mol. The third-order valence-corrected chi connectivity index (χ3v) is 5.37. The van der Waals surface area contributed by atoms with Gasteiger partial charge in [-0.3, -0.25) is 0 Å². The first-order valence-corrected chi connectivity index (χ1v) is 9.93. The fourth-order valence-electron chi connectivity index (χ4n) is 3.62. The first-order chi connectivity index (χ1) is 18.9. The fraction of sp³-hybridized carbons (Fsp3) is 0. The van der Waals surface area contributed by atoms with Gasteiger partial charge in [0.2, 0.25) is 0 Å². The molecule has 0 saturated carbocycles.